The summed E-state index contributed by atoms with van der Waals surface area (Å²) in [7, 11) is 0. The fourth-order valence-corrected chi connectivity index (χ4v) is 2.00. The first-order chi connectivity index (χ1) is 9.97. The molecule has 0 saturated carbocycles. The highest BCUT2D eigenvalue weighted by molar-refractivity contribution is 5.75. The first kappa shape index (κ1) is 17.5. The second kappa shape index (κ2) is 9.40. The minimum absolute atomic E-state index is 0.0367. The third-order valence-corrected chi connectivity index (χ3v) is 3.12. The Morgan fingerprint density at radius 3 is 2.57 bits per heavy atom. The van der Waals surface area contributed by atoms with Crippen molar-refractivity contribution < 1.29 is 14.6 Å². The van der Waals surface area contributed by atoms with Crippen LogP contribution in [0.15, 0.2) is 24.3 Å². The van der Waals surface area contributed by atoms with Crippen molar-refractivity contribution in [2.75, 3.05) is 13.2 Å². The van der Waals surface area contributed by atoms with Gasteiger partial charge < -0.3 is 15.2 Å². The van der Waals surface area contributed by atoms with E-state index in [0.717, 1.165) is 5.75 Å². The molecule has 1 aromatic rings. The molecule has 118 valence electrons. The van der Waals surface area contributed by atoms with Crippen LogP contribution in [0.4, 0.5) is 0 Å². The second-order valence-electron chi connectivity index (χ2n) is 5.85. The van der Waals surface area contributed by atoms with Crippen molar-refractivity contribution in [3.05, 3.63) is 29.8 Å². The van der Waals surface area contributed by atoms with Gasteiger partial charge in [-0.25, -0.2) is 0 Å². The minimum Gasteiger partial charge on any atom is -0.494 e. The molecule has 0 spiro atoms. The van der Waals surface area contributed by atoms with Gasteiger partial charge in [0.15, 0.2) is 0 Å². The van der Waals surface area contributed by atoms with Crippen molar-refractivity contribution in [1.82, 2.24) is 5.32 Å². The predicted octanol–water partition coefficient (Wildman–Crippen LogP) is 2.68. The number of aliphatic hydroxyl groups excluding tert-OH is 1. The van der Waals surface area contributed by atoms with Crippen LogP contribution in [-0.4, -0.2) is 30.3 Å². The largest absolute Gasteiger partial charge is 0.494 e. The lowest BCUT2D eigenvalue weighted by Crippen LogP contribution is -2.32. The molecule has 1 atom stereocenters. The van der Waals surface area contributed by atoms with Crippen LogP contribution < -0.4 is 10.1 Å². The number of amides is 1. The van der Waals surface area contributed by atoms with Gasteiger partial charge in [-0.1, -0.05) is 31.5 Å². The number of rotatable bonds is 9. The fraction of sp³-hybridized carbons (Fsp3) is 0.588. The Kier molecular flexibility index (Phi) is 7.83. The zero-order valence-corrected chi connectivity index (χ0v) is 13.3. The van der Waals surface area contributed by atoms with Crippen LogP contribution in [0, 0.1) is 12.8 Å². The molecule has 0 aromatic heterocycles. The van der Waals surface area contributed by atoms with Crippen molar-refractivity contribution in [2.24, 2.45) is 5.92 Å². The molecule has 0 radical (unpaired) electrons. The number of hydrogen-bond donors (Lipinski definition) is 2. The molecular formula is C17H27NO3. The quantitative estimate of drug-likeness (QED) is 0.688. The van der Waals surface area contributed by atoms with Crippen LogP contribution in [-0.2, 0) is 4.79 Å². The van der Waals surface area contributed by atoms with Crippen LogP contribution in [0.3, 0.4) is 0 Å². The first-order valence-corrected chi connectivity index (χ1v) is 7.61. The van der Waals surface area contributed by atoms with Crippen LogP contribution in [0.5, 0.6) is 5.75 Å². The van der Waals surface area contributed by atoms with E-state index in [1.807, 2.05) is 45.0 Å². The lowest BCUT2D eigenvalue weighted by atomic mass is 10.1. The molecule has 1 rings (SSSR count). The van der Waals surface area contributed by atoms with E-state index in [0.29, 0.717) is 38.3 Å². The van der Waals surface area contributed by atoms with Crippen LogP contribution in [0.1, 0.15) is 38.7 Å². The average Bonchev–Trinajstić information content (AvgIpc) is 2.42. The zero-order chi connectivity index (χ0) is 15.7. The minimum atomic E-state index is -0.460. The van der Waals surface area contributed by atoms with Crippen molar-refractivity contribution in [3.63, 3.8) is 0 Å². The van der Waals surface area contributed by atoms with Gasteiger partial charge in [-0.15, -0.1) is 0 Å². The van der Waals surface area contributed by atoms with E-state index in [1.165, 1.54) is 5.56 Å². The Morgan fingerprint density at radius 2 is 1.95 bits per heavy atom. The van der Waals surface area contributed by atoms with Gasteiger partial charge in [-0.3, -0.25) is 4.79 Å². The number of ether oxygens (including phenoxy) is 1. The zero-order valence-electron chi connectivity index (χ0n) is 13.3. The van der Waals surface area contributed by atoms with E-state index in [2.05, 4.69) is 5.32 Å². The molecule has 1 aromatic carbocycles. The molecular weight excluding hydrogens is 266 g/mol. The molecule has 4 heteroatoms. The molecule has 4 nitrogen and oxygen atoms in total. The van der Waals surface area contributed by atoms with Crippen LogP contribution >= 0.6 is 0 Å². The van der Waals surface area contributed by atoms with E-state index in [-0.39, 0.29) is 5.91 Å². The summed E-state index contributed by atoms with van der Waals surface area (Å²) in [6, 6.07) is 7.85. The monoisotopic (exact) mass is 293 g/mol. The smallest absolute Gasteiger partial charge is 0.220 e. The molecule has 2 N–H and O–H groups in total. The molecule has 21 heavy (non-hydrogen) atoms. The number of hydrogen-bond acceptors (Lipinski definition) is 3. The summed E-state index contributed by atoms with van der Waals surface area (Å²) < 4.78 is 5.56. The van der Waals surface area contributed by atoms with E-state index in [4.69, 9.17) is 4.74 Å². The fourth-order valence-electron chi connectivity index (χ4n) is 2.00. The summed E-state index contributed by atoms with van der Waals surface area (Å²) in [5.74, 6) is 1.22. The van der Waals surface area contributed by atoms with Crippen LogP contribution in [0.2, 0.25) is 0 Å². The van der Waals surface area contributed by atoms with Gasteiger partial charge in [0, 0.05) is 13.0 Å². The van der Waals surface area contributed by atoms with Crippen molar-refractivity contribution in [1.29, 1.82) is 0 Å². The number of carbonyl (C=O) groups excluding carboxylic acids is 1. The predicted molar refractivity (Wildman–Crippen MR) is 84.4 cm³/mol. The summed E-state index contributed by atoms with van der Waals surface area (Å²) in [6.45, 7) is 6.98. The molecule has 1 amide bonds. The van der Waals surface area contributed by atoms with Crippen molar-refractivity contribution in [2.45, 2.75) is 46.1 Å². The standard InChI is InChI=1S/C17H27NO3/c1-13(2)11-15(19)12-18-17(20)5-4-10-21-16-8-6-14(3)7-9-16/h6-9,13,15,19H,4-5,10-12H2,1-3H3,(H,18,20). The molecule has 0 aliphatic rings. The lowest BCUT2D eigenvalue weighted by Gasteiger charge is -2.13. The van der Waals surface area contributed by atoms with E-state index < -0.39 is 6.10 Å². The van der Waals surface area contributed by atoms with Gasteiger partial charge >= 0.3 is 0 Å². The number of benzene rings is 1. The molecule has 1 unspecified atom stereocenters. The molecule has 0 aliphatic carbocycles. The Balaban J connectivity index is 2.09. The third kappa shape index (κ3) is 8.35. The number of nitrogens with one attached hydrogen (secondary N) is 1. The lowest BCUT2D eigenvalue weighted by molar-refractivity contribution is -0.121. The summed E-state index contributed by atoms with van der Waals surface area (Å²) in [4.78, 5) is 11.6. The molecule has 0 bridgehead atoms. The SMILES string of the molecule is Cc1ccc(OCCCC(=O)NCC(O)CC(C)C)cc1. The summed E-state index contributed by atoms with van der Waals surface area (Å²) in [6.07, 6.45) is 1.33. The second-order valence-corrected chi connectivity index (χ2v) is 5.85. The average molecular weight is 293 g/mol. The number of aliphatic hydroxyl groups is 1. The molecule has 0 fully saturated rings. The third-order valence-electron chi connectivity index (χ3n) is 3.12. The highest BCUT2D eigenvalue weighted by Crippen LogP contribution is 2.11. The summed E-state index contributed by atoms with van der Waals surface area (Å²) >= 11 is 0. The van der Waals surface area contributed by atoms with Gasteiger partial charge in [0.2, 0.25) is 5.91 Å². The van der Waals surface area contributed by atoms with E-state index >= 15 is 0 Å². The topological polar surface area (TPSA) is 58.6 Å². The summed E-state index contributed by atoms with van der Waals surface area (Å²) in [5, 5.41) is 12.4. The van der Waals surface area contributed by atoms with Gasteiger partial charge in [-0.05, 0) is 37.8 Å². The molecule has 0 heterocycles. The number of carbonyl (C=O) groups is 1. The Morgan fingerprint density at radius 1 is 1.29 bits per heavy atom. The van der Waals surface area contributed by atoms with Gasteiger partial charge in [0.1, 0.15) is 5.75 Å². The summed E-state index contributed by atoms with van der Waals surface area (Å²) in [5.41, 5.74) is 1.20. The maximum absolute atomic E-state index is 11.6. The van der Waals surface area contributed by atoms with Gasteiger partial charge in [0.25, 0.3) is 0 Å². The van der Waals surface area contributed by atoms with Gasteiger partial charge in [0.05, 0.1) is 12.7 Å². The maximum Gasteiger partial charge on any atom is 0.220 e. The Bertz CT molecular complexity index is 415. The first-order valence-electron chi connectivity index (χ1n) is 7.61. The molecule has 0 aliphatic heterocycles. The van der Waals surface area contributed by atoms with Crippen LogP contribution in [0.25, 0.3) is 0 Å². The molecule has 0 saturated heterocycles. The van der Waals surface area contributed by atoms with Gasteiger partial charge in [-0.2, -0.15) is 0 Å². The van der Waals surface area contributed by atoms with E-state index in [9.17, 15) is 9.90 Å². The number of aryl methyl sites for hydroxylation is 1. The Hall–Kier alpha value is -1.55. The Labute approximate surface area is 127 Å². The highest BCUT2D eigenvalue weighted by Gasteiger charge is 2.08. The van der Waals surface area contributed by atoms with E-state index in [1.54, 1.807) is 0 Å². The highest BCUT2D eigenvalue weighted by atomic mass is 16.5. The van der Waals surface area contributed by atoms with Crippen molar-refractivity contribution in [3.8, 4) is 5.75 Å². The van der Waals surface area contributed by atoms with Crippen molar-refractivity contribution >= 4 is 5.91 Å². The maximum atomic E-state index is 11.6. The normalized spacial score (nSPS) is 12.2.